The normalized spacial score (nSPS) is 11.7. The number of guanidine groups is 1. The average Bonchev–Trinajstić information content (AvgIpc) is 2.44. The zero-order valence-corrected chi connectivity index (χ0v) is 15.3. The summed E-state index contributed by atoms with van der Waals surface area (Å²) in [7, 11) is 0. The maximum Gasteiger partial charge on any atom is 0.390 e. The molecule has 0 aromatic heterocycles. The third-order valence-electron chi connectivity index (χ3n) is 2.87. The predicted molar refractivity (Wildman–Crippen MR) is 96.5 cm³/mol. The lowest BCUT2D eigenvalue weighted by atomic mass is 10.1. The van der Waals surface area contributed by atoms with Crippen LogP contribution in [0.1, 0.15) is 25.3 Å². The first-order valence-corrected chi connectivity index (χ1v) is 7.27. The largest absolute Gasteiger partial charge is 0.508 e. The number of alkyl halides is 3. The van der Waals surface area contributed by atoms with Gasteiger partial charge < -0.3 is 15.7 Å². The minimum Gasteiger partial charge on any atom is -0.508 e. The Labute approximate surface area is 151 Å². The van der Waals surface area contributed by atoms with E-state index >= 15 is 0 Å². The number of benzene rings is 1. The van der Waals surface area contributed by atoms with E-state index < -0.39 is 12.6 Å². The van der Waals surface area contributed by atoms with Crippen LogP contribution in [0.4, 0.5) is 13.2 Å². The monoisotopic (exact) mass is 445 g/mol. The lowest BCUT2D eigenvalue weighted by Gasteiger charge is -2.12. The first-order valence-electron chi connectivity index (χ1n) is 7.27. The third-order valence-corrected chi connectivity index (χ3v) is 2.87. The highest BCUT2D eigenvalue weighted by Crippen LogP contribution is 2.18. The van der Waals surface area contributed by atoms with Crippen molar-refractivity contribution in [3.8, 4) is 5.75 Å². The van der Waals surface area contributed by atoms with Crippen LogP contribution in [0.2, 0.25) is 0 Å². The molecule has 0 radical (unpaired) electrons. The van der Waals surface area contributed by atoms with Crippen LogP contribution >= 0.6 is 24.0 Å². The first-order chi connectivity index (χ1) is 10.4. The Morgan fingerprint density at radius 2 is 1.83 bits per heavy atom. The van der Waals surface area contributed by atoms with Crippen molar-refractivity contribution in [2.75, 3.05) is 19.6 Å². The van der Waals surface area contributed by atoms with Crippen molar-refractivity contribution in [1.29, 1.82) is 0 Å². The maximum atomic E-state index is 12.1. The number of phenols is 1. The van der Waals surface area contributed by atoms with E-state index in [0.29, 0.717) is 19.0 Å². The Kier molecular flexibility index (Phi) is 10.8. The third kappa shape index (κ3) is 11.1. The van der Waals surface area contributed by atoms with E-state index in [4.69, 9.17) is 0 Å². The molecule has 0 aliphatic heterocycles. The Morgan fingerprint density at radius 3 is 2.39 bits per heavy atom. The molecule has 1 aromatic rings. The van der Waals surface area contributed by atoms with Gasteiger partial charge in [-0.05, 0) is 37.5 Å². The number of aliphatic imine (C=N–C) groups is 1. The van der Waals surface area contributed by atoms with Gasteiger partial charge in [-0.15, -0.1) is 24.0 Å². The van der Waals surface area contributed by atoms with E-state index in [-0.39, 0.29) is 36.3 Å². The van der Waals surface area contributed by atoms with Crippen LogP contribution in [0, 0.1) is 0 Å². The van der Waals surface area contributed by atoms with Crippen molar-refractivity contribution in [2.24, 2.45) is 4.99 Å². The van der Waals surface area contributed by atoms with Gasteiger partial charge in [0, 0.05) is 19.6 Å². The quantitative estimate of drug-likeness (QED) is 0.261. The molecular weight excluding hydrogens is 422 g/mol. The molecule has 0 bridgehead atoms. The second-order valence-corrected chi connectivity index (χ2v) is 4.82. The molecule has 132 valence electrons. The Morgan fingerprint density at radius 1 is 1.17 bits per heavy atom. The fourth-order valence-electron chi connectivity index (χ4n) is 1.80. The van der Waals surface area contributed by atoms with Crippen molar-refractivity contribution in [2.45, 2.75) is 32.4 Å². The molecule has 0 aliphatic carbocycles. The molecule has 8 heteroatoms. The number of rotatable bonds is 7. The number of hydrogen-bond acceptors (Lipinski definition) is 2. The molecule has 3 N–H and O–H groups in total. The fraction of sp³-hybridized carbons (Fsp3) is 0.533. The smallest absolute Gasteiger partial charge is 0.390 e. The molecule has 1 rings (SSSR count). The summed E-state index contributed by atoms with van der Waals surface area (Å²) in [6.45, 7) is 2.78. The van der Waals surface area contributed by atoms with Crippen LogP contribution in [-0.2, 0) is 6.42 Å². The van der Waals surface area contributed by atoms with Crippen molar-refractivity contribution in [1.82, 2.24) is 10.6 Å². The van der Waals surface area contributed by atoms with E-state index in [1.165, 1.54) is 0 Å². The number of phenolic OH excluding ortho intramolecular Hbond substituents is 1. The lowest BCUT2D eigenvalue weighted by Crippen LogP contribution is -2.39. The van der Waals surface area contributed by atoms with Gasteiger partial charge in [-0.1, -0.05) is 12.1 Å². The number of nitrogens with one attached hydrogen (secondary N) is 2. The van der Waals surface area contributed by atoms with Crippen LogP contribution in [0.15, 0.2) is 29.3 Å². The molecule has 0 amide bonds. The van der Waals surface area contributed by atoms with Gasteiger partial charge in [-0.3, -0.25) is 4.99 Å². The van der Waals surface area contributed by atoms with Crippen LogP contribution < -0.4 is 10.6 Å². The molecule has 0 saturated carbocycles. The van der Waals surface area contributed by atoms with Gasteiger partial charge in [-0.25, -0.2) is 0 Å². The number of aromatic hydroxyl groups is 1. The van der Waals surface area contributed by atoms with E-state index in [0.717, 1.165) is 18.4 Å². The van der Waals surface area contributed by atoms with Crippen LogP contribution in [0.5, 0.6) is 5.75 Å². The number of aryl methyl sites for hydroxylation is 1. The topological polar surface area (TPSA) is 56.7 Å². The van der Waals surface area contributed by atoms with Crippen molar-refractivity contribution in [3.05, 3.63) is 29.8 Å². The minimum atomic E-state index is -4.16. The van der Waals surface area contributed by atoms with Gasteiger partial charge in [0.05, 0.1) is 6.42 Å². The Hall–Kier alpha value is -1.19. The second kappa shape index (κ2) is 11.4. The molecule has 0 saturated heterocycles. The van der Waals surface area contributed by atoms with Crippen molar-refractivity contribution >= 4 is 29.9 Å². The molecule has 0 fully saturated rings. The highest BCUT2D eigenvalue weighted by atomic mass is 127. The zero-order valence-electron chi connectivity index (χ0n) is 13.0. The Bertz CT molecular complexity index is 464. The van der Waals surface area contributed by atoms with Gasteiger partial charge in [0.25, 0.3) is 0 Å². The second-order valence-electron chi connectivity index (χ2n) is 4.82. The molecule has 0 heterocycles. The molecule has 0 unspecified atom stereocenters. The molecule has 4 nitrogen and oxygen atoms in total. The summed E-state index contributed by atoms with van der Waals surface area (Å²) < 4.78 is 36.3. The van der Waals surface area contributed by atoms with E-state index in [9.17, 15) is 18.3 Å². The summed E-state index contributed by atoms with van der Waals surface area (Å²) in [6, 6.07) is 6.93. The van der Waals surface area contributed by atoms with Gasteiger partial charge >= 0.3 is 6.18 Å². The summed E-state index contributed by atoms with van der Waals surface area (Å²) in [5.41, 5.74) is 1.09. The molecule has 1 aromatic carbocycles. The summed E-state index contributed by atoms with van der Waals surface area (Å²) in [5.74, 6) is 0.627. The lowest BCUT2D eigenvalue weighted by molar-refractivity contribution is -0.132. The summed E-state index contributed by atoms with van der Waals surface area (Å²) in [5, 5.41) is 14.8. The molecule has 0 atom stereocenters. The van der Waals surface area contributed by atoms with Gasteiger partial charge in [0.1, 0.15) is 5.75 Å². The van der Waals surface area contributed by atoms with Crippen LogP contribution in [-0.4, -0.2) is 36.9 Å². The first kappa shape index (κ1) is 21.8. The van der Waals surface area contributed by atoms with Crippen molar-refractivity contribution in [3.63, 3.8) is 0 Å². The zero-order chi connectivity index (χ0) is 16.4. The highest BCUT2D eigenvalue weighted by molar-refractivity contribution is 14.0. The summed E-state index contributed by atoms with van der Waals surface area (Å²) in [6.07, 6.45) is -3.47. The summed E-state index contributed by atoms with van der Waals surface area (Å²) >= 11 is 0. The minimum absolute atomic E-state index is 0. The van der Waals surface area contributed by atoms with Crippen molar-refractivity contribution < 1.29 is 18.3 Å². The highest BCUT2D eigenvalue weighted by Gasteiger charge is 2.26. The number of nitrogens with zero attached hydrogens (tertiary/aromatic N) is 1. The summed E-state index contributed by atoms with van der Waals surface area (Å²) in [4.78, 5) is 4.24. The van der Waals surface area contributed by atoms with Crippen LogP contribution in [0.25, 0.3) is 0 Å². The van der Waals surface area contributed by atoms with Gasteiger partial charge in [-0.2, -0.15) is 13.2 Å². The van der Waals surface area contributed by atoms with Gasteiger partial charge in [0.2, 0.25) is 0 Å². The molecule has 0 spiro atoms. The van der Waals surface area contributed by atoms with E-state index in [1.54, 1.807) is 12.1 Å². The van der Waals surface area contributed by atoms with E-state index in [1.807, 2.05) is 19.1 Å². The molecule has 0 aliphatic rings. The Balaban J connectivity index is 0.00000484. The number of halogens is 4. The molecular formula is C15H23F3IN3O. The predicted octanol–water partition coefficient (Wildman–Crippen LogP) is 3.45. The number of hydrogen-bond donors (Lipinski definition) is 3. The average molecular weight is 445 g/mol. The van der Waals surface area contributed by atoms with E-state index in [2.05, 4.69) is 15.6 Å². The van der Waals surface area contributed by atoms with Crippen LogP contribution in [0.3, 0.4) is 0 Å². The molecule has 23 heavy (non-hydrogen) atoms. The van der Waals surface area contributed by atoms with Gasteiger partial charge in [0.15, 0.2) is 5.96 Å². The maximum absolute atomic E-state index is 12.1. The standard InChI is InChI=1S/C15H22F3N3O.HI/c1-2-19-14(21-11-9-15(16,17)18)20-10-3-4-12-5-7-13(22)8-6-12;/h5-8,22H,2-4,9-11H2,1H3,(H2,19,20,21);1H. The SMILES string of the molecule is CCNC(=NCCCc1ccc(O)cc1)NCCC(F)(F)F.I. The fourth-order valence-corrected chi connectivity index (χ4v) is 1.80.